The second kappa shape index (κ2) is 3.44. The van der Waals surface area contributed by atoms with Crippen molar-refractivity contribution in [3.05, 3.63) is 40.7 Å². The third-order valence-corrected chi connectivity index (χ3v) is 5.36. The molecule has 0 heterocycles. The van der Waals surface area contributed by atoms with Gasteiger partial charge in [0.05, 0.1) is 0 Å². The molecule has 13 heavy (non-hydrogen) atoms. The molecule has 0 aliphatic heterocycles. The summed E-state index contributed by atoms with van der Waals surface area (Å²) in [6.07, 6.45) is 2.81. The molecule has 0 unspecified atom stereocenters. The minimum absolute atomic E-state index is 0.804. The zero-order chi connectivity index (χ0) is 9.47. The number of allylic oxidation sites excluding steroid dienone is 1. The molecular weight excluding hydrogens is 245 g/mol. The van der Waals surface area contributed by atoms with Crippen molar-refractivity contribution in [2.45, 2.75) is 6.42 Å². The maximum absolute atomic E-state index is 5.93. The fourth-order valence-corrected chi connectivity index (χ4v) is 3.26. The summed E-state index contributed by atoms with van der Waals surface area (Å²) in [7, 11) is 0. The molecule has 0 spiro atoms. The van der Waals surface area contributed by atoms with Crippen LogP contribution < -0.4 is 0 Å². The van der Waals surface area contributed by atoms with Crippen LogP contribution in [0.1, 0.15) is 11.1 Å². The van der Waals surface area contributed by atoms with Crippen LogP contribution in [0.5, 0.6) is 0 Å². The molecule has 0 bridgehead atoms. The van der Waals surface area contributed by atoms with Crippen LogP contribution in [0.15, 0.2) is 29.6 Å². The van der Waals surface area contributed by atoms with E-state index in [4.69, 9.17) is 33.7 Å². The fourth-order valence-electron chi connectivity index (χ4n) is 1.46. The normalized spacial score (nSPS) is 16.7. The molecule has 1 aliphatic carbocycles. The minimum atomic E-state index is -2.64. The van der Waals surface area contributed by atoms with Crippen LogP contribution in [0.2, 0.25) is 0 Å². The average Bonchev–Trinajstić information content (AvgIpc) is 2.45. The van der Waals surface area contributed by atoms with Gasteiger partial charge in [-0.1, -0.05) is 0 Å². The van der Waals surface area contributed by atoms with Crippen LogP contribution in [-0.4, -0.2) is 0 Å². The molecule has 0 atom stereocenters. The molecule has 0 fully saturated rings. The Hall–Kier alpha value is 0.260. The van der Waals surface area contributed by atoms with Crippen molar-refractivity contribution in [1.29, 1.82) is 0 Å². The van der Waals surface area contributed by atoms with Crippen molar-refractivity contribution in [1.82, 2.24) is 0 Å². The van der Waals surface area contributed by atoms with Crippen LogP contribution >= 0.6 is 39.0 Å². The number of rotatable bonds is 1. The Labute approximate surface area is 92.2 Å². The van der Waals surface area contributed by atoms with Gasteiger partial charge in [-0.15, -0.1) is 0 Å². The molecule has 0 aromatic heterocycles. The molecule has 0 saturated carbocycles. The number of hydrogen-bond acceptors (Lipinski definition) is 0. The van der Waals surface area contributed by atoms with Crippen LogP contribution in [-0.2, 0) is 6.42 Å². The van der Waals surface area contributed by atoms with Gasteiger partial charge in [0, 0.05) is 0 Å². The third kappa shape index (κ3) is 2.02. The van der Waals surface area contributed by atoms with E-state index in [1.54, 1.807) is 0 Å². The molecule has 2 rings (SSSR count). The van der Waals surface area contributed by atoms with Gasteiger partial charge in [0.2, 0.25) is 0 Å². The van der Waals surface area contributed by atoms with E-state index in [1.807, 2.05) is 24.3 Å². The van der Waals surface area contributed by atoms with Gasteiger partial charge >= 0.3 is 92.2 Å². The van der Waals surface area contributed by atoms with Gasteiger partial charge in [-0.3, -0.25) is 0 Å². The van der Waals surface area contributed by atoms with Crippen LogP contribution in [0, 0.1) is 0 Å². The van der Waals surface area contributed by atoms with E-state index in [1.165, 1.54) is 11.1 Å². The summed E-state index contributed by atoms with van der Waals surface area (Å²) in [6.45, 7) is 0. The van der Waals surface area contributed by atoms with Crippen molar-refractivity contribution in [2.75, 3.05) is 0 Å². The van der Waals surface area contributed by atoms with E-state index in [-0.39, 0.29) is 0 Å². The first kappa shape index (κ1) is 9.80. The Bertz CT molecular complexity index is 365. The Morgan fingerprint density at radius 3 is 2.38 bits per heavy atom. The van der Waals surface area contributed by atoms with E-state index >= 15 is 0 Å². The zero-order valence-corrected chi connectivity index (χ0v) is 10.00. The van der Waals surface area contributed by atoms with Crippen LogP contribution in [0.4, 0.5) is 0 Å². The standard InChI is InChI=1S/C9H8Cl3P/c10-13(11,12)9-5-7-3-1-2-4-8(7)6-9/h1-5,13H,6H2. The molecule has 0 amide bonds. The SMILES string of the molecule is Cl[PH](Cl)(Cl)C1=Cc2ccccc2C1. The van der Waals surface area contributed by atoms with Gasteiger partial charge in [-0.2, -0.15) is 0 Å². The summed E-state index contributed by atoms with van der Waals surface area (Å²) in [6, 6.07) is 8.13. The molecule has 1 aromatic carbocycles. The molecule has 70 valence electrons. The number of fused-ring (bicyclic) bond motifs is 1. The molecule has 1 aromatic rings. The summed E-state index contributed by atoms with van der Waals surface area (Å²) >= 11 is 17.8. The van der Waals surface area contributed by atoms with Gasteiger partial charge in [-0.05, 0) is 0 Å². The summed E-state index contributed by atoms with van der Waals surface area (Å²) in [4.78, 5) is 0. The first-order valence-corrected chi connectivity index (χ1v) is 8.96. The maximum atomic E-state index is 5.93. The number of halogens is 3. The summed E-state index contributed by atoms with van der Waals surface area (Å²) < 4.78 is 0. The fraction of sp³-hybridized carbons (Fsp3) is 0.111. The molecule has 4 heteroatoms. The quantitative estimate of drug-likeness (QED) is 0.631. The average molecular weight is 253 g/mol. The van der Waals surface area contributed by atoms with Gasteiger partial charge in [0.15, 0.2) is 0 Å². The number of hydrogen-bond donors (Lipinski definition) is 0. The van der Waals surface area contributed by atoms with Crippen molar-refractivity contribution in [3.63, 3.8) is 0 Å². The molecule has 0 nitrogen and oxygen atoms in total. The Balaban J connectivity index is 2.37. The second-order valence-corrected chi connectivity index (χ2v) is 11.5. The Morgan fingerprint density at radius 2 is 1.77 bits per heavy atom. The Kier molecular flexibility index (Phi) is 2.59. The molecule has 0 radical (unpaired) electrons. The first-order chi connectivity index (χ1) is 6.07. The molecule has 0 saturated heterocycles. The van der Waals surface area contributed by atoms with Gasteiger partial charge < -0.3 is 0 Å². The monoisotopic (exact) mass is 252 g/mol. The van der Waals surface area contributed by atoms with E-state index in [2.05, 4.69) is 6.07 Å². The third-order valence-electron chi connectivity index (χ3n) is 2.13. The van der Waals surface area contributed by atoms with Crippen molar-refractivity contribution in [3.8, 4) is 0 Å². The van der Waals surface area contributed by atoms with Gasteiger partial charge in [-0.25, -0.2) is 0 Å². The Morgan fingerprint density at radius 1 is 1.08 bits per heavy atom. The number of benzene rings is 1. The van der Waals surface area contributed by atoms with Crippen molar-refractivity contribution < 1.29 is 0 Å². The first-order valence-electron chi connectivity index (χ1n) is 3.93. The zero-order valence-electron chi connectivity index (χ0n) is 6.73. The van der Waals surface area contributed by atoms with Crippen molar-refractivity contribution in [2.24, 2.45) is 0 Å². The topological polar surface area (TPSA) is 0 Å². The predicted molar refractivity (Wildman–Crippen MR) is 64.0 cm³/mol. The van der Waals surface area contributed by atoms with E-state index in [9.17, 15) is 0 Å². The molecular formula is C9H8Cl3P. The summed E-state index contributed by atoms with van der Waals surface area (Å²) in [5, 5.41) is -1.66. The summed E-state index contributed by atoms with van der Waals surface area (Å²) in [5.74, 6) is 0. The van der Waals surface area contributed by atoms with E-state index < -0.39 is 5.32 Å². The molecule has 0 N–H and O–H groups in total. The molecule has 1 aliphatic rings. The van der Waals surface area contributed by atoms with Crippen LogP contribution in [0.3, 0.4) is 0 Å². The van der Waals surface area contributed by atoms with E-state index in [0.717, 1.165) is 11.7 Å². The van der Waals surface area contributed by atoms with Crippen molar-refractivity contribution >= 4 is 45.1 Å². The summed E-state index contributed by atoms with van der Waals surface area (Å²) in [5.41, 5.74) is 2.45. The van der Waals surface area contributed by atoms with Gasteiger partial charge in [0.1, 0.15) is 0 Å². The predicted octanol–water partition coefficient (Wildman–Crippen LogP) is 4.79. The van der Waals surface area contributed by atoms with Crippen LogP contribution in [0.25, 0.3) is 6.08 Å². The van der Waals surface area contributed by atoms with E-state index in [0.29, 0.717) is 0 Å². The van der Waals surface area contributed by atoms with Gasteiger partial charge in [0.25, 0.3) is 0 Å². The second-order valence-electron chi connectivity index (χ2n) is 3.04.